The quantitative estimate of drug-likeness (QED) is 0.639. The van der Waals surface area contributed by atoms with E-state index in [1.165, 1.54) is 5.56 Å². The molecule has 5 nitrogen and oxygen atoms in total. The first-order chi connectivity index (χ1) is 13.8. The predicted molar refractivity (Wildman–Crippen MR) is 116 cm³/mol. The number of aryl methyl sites for hydroxylation is 1. The zero-order valence-electron chi connectivity index (χ0n) is 18.0. The van der Waals surface area contributed by atoms with E-state index in [4.69, 9.17) is 21.5 Å². The highest BCUT2D eigenvalue weighted by atomic mass is 35.5. The predicted octanol–water partition coefficient (Wildman–Crippen LogP) is 5.65. The summed E-state index contributed by atoms with van der Waals surface area (Å²) in [6.45, 7) is 10.3. The molecule has 1 N–H and O–H groups in total. The minimum atomic E-state index is -0.250. The van der Waals surface area contributed by atoms with Crippen molar-refractivity contribution in [2.45, 2.75) is 72.6 Å². The van der Waals surface area contributed by atoms with Crippen molar-refractivity contribution in [1.29, 1.82) is 0 Å². The van der Waals surface area contributed by atoms with Crippen LogP contribution in [-0.2, 0) is 17.6 Å². The zero-order valence-corrected chi connectivity index (χ0v) is 18.7. The lowest BCUT2D eigenvalue weighted by molar-refractivity contribution is -0.122. The maximum Gasteiger partial charge on any atom is 0.290 e. The number of hydrogen-bond acceptors (Lipinski definition) is 3. The van der Waals surface area contributed by atoms with Crippen molar-refractivity contribution in [3.63, 3.8) is 0 Å². The van der Waals surface area contributed by atoms with Crippen LogP contribution in [0.15, 0.2) is 18.2 Å². The van der Waals surface area contributed by atoms with E-state index in [-0.39, 0.29) is 17.8 Å². The molecule has 0 atom stereocenters. The molecule has 0 aliphatic heterocycles. The van der Waals surface area contributed by atoms with Crippen LogP contribution < -0.4 is 0 Å². The maximum absolute atomic E-state index is 13.3. The van der Waals surface area contributed by atoms with Crippen molar-refractivity contribution >= 4 is 24.0 Å². The van der Waals surface area contributed by atoms with E-state index in [0.717, 1.165) is 49.1 Å². The van der Waals surface area contributed by atoms with Crippen molar-refractivity contribution in [3.05, 3.63) is 51.3 Å². The molecule has 29 heavy (non-hydrogen) atoms. The summed E-state index contributed by atoms with van der Waals surface area (Å²) in [6.07, 6.45) is 5.31. The molecule has 1 aromatic carbocycles. The molecule has 2 aromatic rings. The highest BCUT2D eigenvalue weighted by Crippen LogP contribution is 2.44. The second kappa shape index (κ2) is 9.57. The van der Waals surface area contributed by atoms with E-state index in [2.05, 4.69) is 18.9 Å². The molecule has 0 saturated heterocycles. The summed E-state index contributed by atoms with van der Waals surface area (Å²) in [6, 6.07) is 5.80. The minimum absolute atomic E-state index is 0.0652. The Balaban J connectivity index is 0.000000551. The Labute approximate surface area is 178 Å². The van der Waals surface area contributed by atoms with Crippen molar-refractivity contribution in [2.75, 3.05) is 0 Å². The largest absolute Gasteiger partial charge is 0.483 e. The smallest absolute Gasteiger partial charge is 0.290 e. The lowest BCUT2D eigenvalue weighted by Gasteiger charge is -2.30. The molecule has 0 radical (unpaired) electrons. The van der Waals surface area contributed by atoms with E-state index in [0.29, 0.717) is 16.5 Å². The highest BCUT2D eigenvalue weighted by molar-refractivity contribution is 6.34. The van der Waals surface area contributed by atoms with Gasteiger partial charge in [-0.25, -0.2) is 4.68 Å². The standard InChI is InChI=1S/C20H23ClN2O.C2H6.CH2O2/c1-12-14-9-10-20(2,3)11-17(14)23(22-12)19(24)18-15(13-7-8-13)5-4-6-16(18)21;1-2;2-1-3/h4-6,13H,7-11H2,1-3H3;1-2H3;1H,(H,2,3). The Morgan fingerprint density at radius 3 is 2.52 bits per heavy atom. The van der Waals surface area contributed by atoms with Crippen LogP contribution in [-0.4, -0.2) is 27.3 Å². The molecule has 0 amide bonds. The number of rotatable bonds is 2. The van der Waals surface area contributed by atoms with Crippen LogP contribution in [0.3, 0.4) is 0 Å². The first kappa shape index (κ1) is 23.1. The van der Waals surface area contributed by atoms with Gasteiger partial charge in [0.05, 0.1) is 22.0 Å². The van der Waals surface area contributed by atoms with Crippen molar-refractivity contribution in [1.82, 2.24) is 9.78 Å². The van der Waals surface area contributed by atoms with E-state index in [9.17, 15) is 4.79 Å². The van der Waals surface area contributed by atoms with Gasteiger partial charge in [0.1, 0.15) is 0 Å². The van der Waals surface area contributed by atoms with Crippen LogP contribution in [0.2, 0.25) is 5.02 Å². The lowest BCUT2D eigenvalue weighted by atomic mass is 9.76. The molecule has 0 unspecified atom stereocenters. The second-order valence-corrected chi connectivity index (χ2v) is 8.56. The van der Waals surface area contributed by atoms with Crippen LogP contribution >= 0.6 is 11.6 Å². The fourth-order valence-corrected chi connectivity index (χ4v) is 4.16. The van der Waals surface area contributed by atoms with Gasteiger partial charge in [-0.3, -0.25) is 9.59 Å². The number of hydrogen-bond donors (Lipinski definition) is 1. The zero-order chi connectivity index (χ0) is 21.8. The summed E-state index contributed by atoms with van der Waals surface area (Å²) < 4.78 is 1.64. The molecule has 1 heterocycles. The first-order valence-electron chi connectivity index (χ1n) is 10.3. The maximum atomic E-state index is 13.3. The van der Waals surface area contributed by atoms with E-state index in [1.54, 1.807) is 4.68 Å². The van der Waals surface area contributed by atoms with Gasteiger partial charge in [0.25, 0.3) is 12.4 Å². The van der Waals surface area contributed by atoms with Crippen molar-refractivity contribution in [3.8, 4) is 0 Å². The number of halogens is 1. The van der Waals surface area contributed by atoms with Gasteiger partial charge in [0, 0.05) is 0 Å². The Bertz CT molecular complexity index is 882. The van der Waals surface area contributed by atoms with Crippen LogP contribution in [0.5, 0.6) is 0 Å². The SMILES string of the molecule is CC.Cc1nn(C(=O)c2c(Cl)cccc2C2CC2)c2c1CCC(C)(C)C2.O=CO. The molecule has 6 heteroatoms. The summed E-state index contributed by atoms with van der Waals surface area (Å²) in [5.41, 5.74) is 5.25. The molecule has 0 bridgehead atoms. The molecule has 1 fully saturated rings. The Morgan fingerprint density at radius 2 is 1.93 bits per heavy atom. The number of carbonyl (C=O) groups excluding carboxylic acids is 1. The third-order valence-electron chi connectivity index (χ3n) is 5.46. The van der Waals surface area contributed by atoms with Crippen LogP contribution in [0.25, 0.3) is 0 Å². The second-order valence-electron chi connectivity index (χ2n) is 8.15. The van der Waals surface area contributed by atoms with Gasteiger partial charge in [0.15, 0.2) is 0 Å². The number of carbonyl (C=O) groups is 2. The fourth-order valence-electron chi connectivity index (χ4n) is 3.89. The summed E-state index contributed by atoms with van der Waals surface area (Å²) >= 11 is 6.43. The topological polar surface area (TPSA) is 72.2 Å². The number of carboxylic acid groups (broad SMARTS) is 1. The molecular weight excluding hydrogens is 388 g/mol. The summed E-state index contributed by atoms with van der Waals surface area (Å²) in [5.74, 6) is 0.413. The van der Waals surface area contributed by atoms with Gasteiger partial charge in [-0.2, -0.15) is 5.10 Å². The normalized spacial score (nSPS) is 16.5. The van der Waals surface area contributed by atoms with Gasteiger partial charge in [-0.15, -0.1) is 0 Å². The van der Waals surface area contributed by atoms with Gasteiger partial charge >= 0.3 is 0 Å². The summed E-state index contributed by atoms with van der Waals surface area (Å²) in [5, 5.41) is 12.0. The summed E-state index contributed by atoms with van der Waals surface area (Å²) in [7, 11) is 0. The molecular formula is C23H31ClN2O3. The average Bonchev–Trinajstić information content (AvgIpc) is 3.47. The van der Waals surface area contributed by atoms with Crippen molar-refractivity contribution in [2.24, 2.45) is 5.41 Å². The lowest BCUT2D eigenvalue weighted by Crippen LogP contribution is -2.27. The van der Waals surface area contributed by atoms with Crippen molar-refractivity contribution < 1.29 is 14.7 Å². The van der Waals surface area contributed by atoms with E-state index in [1.807, 2.05) is 39.0 Å². The first-order valence-corrected chi connectivity index (χ1v) is 10.6. The van der Waals surface area contributed by atoms with Crippen LogP contribution in [0.4, 0.5) is 0 Å². The Hall–Kier alpha value is -2.14. The minimum Gasteiger partial charge on any atom is -0.483 e. The third-order valence-corrected chi connectivity index (χ3v) is 5.77. The number of aromatic nitrogens is 2. The molecule has 0 spiro atoms. The van der Waals surface area contributed by atoms with Crippen LogP contribution in [0, 0.1) is 12.3 Å². The third kappa shape index (κ3) is 5.08. The number of benzene rings is 1. The van der Waals surface area contributed by atoms with Gasteiger partial charge in [-0.05, 0) is 67.6 Å². The molecule has 4 rings (SSSR count). The fraction of sp³-hybridized carbons (Fsp3) is 0.522. The van der Waals surface area contributed by atoms with E-state index >= 15 is 0 Å². The molecule has 1 saturated carbocycles. The monoisotopic (exact) mass is 418 g/mol. The number of fused-ring (bicyclic) bond motifs is 1. The van der Waals surface area contributed by atoms with Gasteiger partial charge in [0.2, 0.25) is 0 Å². The molecule has 2 aliphatic rings. The Kier molecular flexibility index (Phi) is 7.64. The highest BCUT2D eigenvalue weighted by Gasteiger charge is 2.34. The molecule has 2 aliphatic carbocycles. The molecule has 158 valence electrons. The van der Waals surface area contributed by atoms with Gasteiger partial charge in [-0.1, -0.05) is 51.4 Å². The van der Waals surface area contributed by atoms with E-state index < -0.39 is 0 Å². The van der Waals surface area contributed by atoms with Gasteiger partial charge < -0.3 is 5.11 Å². The number of nitrogens with zero attached hydrogens (tertiary/aromatic N) is 2. The molecule has 1 aromatic heterocycles. The van der Waals surface area contributed by atoms with Crippen LogP contribution in [0.1, 0.15) is 85.7 Å². The Morgan fingerprint density at radius 1 is 1.31 bits per heavy atom. The average molecular weight is 419 g/mol. The summed E-state index contributed by atoms with van der Waals surface area (Å²) in [4.78, 5) is 21.7.